The maximum atomic E-state index is 12.3. The van der Waals surface area contributed by atoms with Crippen LogP contribution in [0.1, 0.15) is 21.9 Å². The lowest BCUT2D eigenvalue weighted by molar-refractivity contribution is -0.386. The summed E-state index contributed by atoms with van der Waals surface area (Å²) in [5.74, 6) is 1.54. The van der Waals surface area contributed by atoms with Crippen molar-refractivity contribution in [3.05, 3.63) is 81.8 Å². The van der Waals surface area contributed by atoms with Crippen LogP contribution < -0.4 is 19.5 Å². The molecule has 0 aliphatic rings. The molecule has 0 fully saturated rings. The third kappa shape index (κ3) is 5.53. The molecule has 0 bridgehead atoms. The molecule has 3 rings (SSSR count). The summed E-state index contributed by atoms with van der Waals surface area (Å²) in [7, 11) is 3.14. The monoisotopic (exact) mass is 426 g/mol. The molecule has 3 aromatic rings. The van der Waals surface area contributed by atoms with Crippen LogP contribution in [0.4, 0.5) is 5.69 Å². The molecule has 0 atom stereocenters. The average Bonchev–Trinajstić information content (AvgIpc) is 3.26. The standard InChI is InChI=1S/C22H22N2O7/c1-28-19-9-7-15(13-21(19)29-2)11-12-23-22(25)20-10-8-16(31-20)14-30-18-6-4-3-5-17(18)24(26)27/h3-10,13H,11-12,14H2,1-2H3,(H,23,25). The number of nitrogens with one attached hydrogen (secondary N) is 1. The molecule has 0 saturated carbocycles. The molecule has 0 radical (unpaired) electrons. The van der Waals surface area contributed by atoms with Gasteiger partial charge in [-0.2, -0.15) is 0 Å². The molecule has 162 valence electrons. The van der Waals surface area contributed by atoms with E-state index in [1.54, 1.807) is 32.4 Å². The summed E-state index contributed by atoms with van der Waals surface area (Å²) >= 11 is 0. The number of furan rings is 1. The Hall–Kier alpha value is -4.01. The Kier molecular flexibility index (Phi) is 7.10. The molecule has 1 amide bonds. The van der Waals surface area contributed by atoms with E-state index in [2.05, 4.69) is 5.32 Å². The number of hydrogen-bond donors (Lipinski definition) is 1. The Labute approximate surface area is 178 Å². The van der Waals surface area contributed by atoms with Crippen molar-refractivity contribution in [3.8, 4) is 17.2 Å². The van der Waals surface area contributed by atoms with Crippen LogP contribution >= 0.6 is 0 Å². The Balaban J connectivity index is 1.52. The van der Waals surface area contributed by atoms with E-state index in [1.807, 2.05) is 18.2 Å². The van der Waals surface area contributed by atoms with Crippen LogP contribution in [0.5, 0.6) is 17.2 Å². The van der Waals surface area contributed by atoms with Crippen molar-refractivity contribution in [3.63, 3.8) is 0 Å². The third-order valence-electron chi connectivity index (χ3n) is 4.46. The van der Waals surface area contributed by atoms with E-state index in [1.165, 1.54) is 18.2 Å². The second-order valence-corrected chi connectivity index (χ2v) is 6.47. The normalized spacial score (nSPS) is 10.4. The largest absolute Gasteiger partial charge is 0.493 e. The van der Waals surface area contributed by atoms with Crippen LogP contribution in [-0.4, -0.2) is 31.6 Å². The fourth-order valence-electron chi connectivity index (χ4n) is 2.90. The summed E-state index contributed by atoms with van der Waals surface area (Å²) < 4.78 is 21.4. The molecule has 2 aromatic carbocycles. The van der Waals surface area contributed by atoms with E-state index in [-0.39, 0.29) is 29.7 Å². The number of ether oxygens (including phenoxy) is 3. The zero-order valence-electron chi connectivity index (χ0n) is 17.1. The summed E-state index contributed by atoms with van der Waals surface area (Å²) in [6, 6.07) is 14.8. The molecular weight excluding hydrogens is 404 g/mol. The lowest BCUT2D eigenvalue weighted by atomic mass is 10.1. The summed E-state index contributed by atoms with van der Waals surface area (Å²) in [6.45, 7) is 0.362. The van der Waals surface area contributed by atoms with Gasteiger partial charge in [-0.3, -0.25) is 14.9 Å². The fourth-order valence-corrected chi connectivity index (χ4v) is 2.90. The van der Waals surface area contributed by atoms with E-state index >= 15 is 0 Å². The van der Waals surface area contributed by atoms with Crippen LogP contribution in [0, 0.1) is 10.1 Å². The van der Waals surface area contributed by atoms with Gasteiger partial charge in [0.2, 0.25) is 0 Å². The van der Waals surface area contributed by atoms with Gasteiger partial charge in [-0.1, -0.05) is 18.2 Å². The van der Waals surface area contributed by atoms with Gasteiger partial charge in [-0.25, -0.2) is 0 Å². The van der Waals surface area contributed by atoms with Crippen molar-refractivity contribution in [2.24, 2.45) is 0 Å². The zero-order valence-corrected chi connectivity index (χ0v) is 17.1. The highest BCUT2D eigenvalue weighted by Gasteiger charge is 2.16. The highest BCUT2D eigenvalue weighted by Crippen LogP contribution is 2.28. The Morgan fingerprint density at radius 2 is 1.81 bits per heavy atom. The first-order valence-electron chi connectivity index (χ1n) is 9.46. The van der Waals surface area contributed by atoms with Crippen LogP contribution in [0.15, 0.2) is 59.0 Å². The minimum atomic E-state index is -0.519. The first kappa shape index (κ1) is 21.7. The Morgan fingerprint density at radius 1 is 1.03 bits per heavy atom. The number of nitro benzene ring substituents is 1. The molecule has 31 heavy (non-hydrogen) atoms. The summed E-state index contributed by atoms with van der Waals surface area (Å²) in [4.78, 5) is 22.8. The van der Waals surface area contributed by atoms with Crippen LogP contribution in [-0.2, 0) is 13.0 Å². The first-order valence-corrected chi connectivity index (χ1v) is 9.46. The number of amides is 1. The zero-order chi connectivity index (χ0) is 22.2. The van der Waals surface area contributed by atoms with Gasteiger partial charge in [-0.15, -0.1) is 0 Å². The van der Waals surface area contributed by atoms with Gasteiger partial charge in [0.1, 0.15) is 12.4 Å². The van der Waals surface area contributed by atoms with Crippen LogP contribution in [0.3, 0.4) is 0 Å². The molecule has 9 nitrogen and oxygen atoms in total. The minimum Gasteiger partial charge on any atom is -0.493 e. The minimum absolute atomic E-state index is 0.0379. The number of hydrogen-bond acceptors (Lipinski definition) is 7. The molecule has 0 aliphatic carbocycles. The highest BCUT2D eigenvalue weighted by atomic mass is 16.6. The molecule has 0 unspecified atom stereocenters. The van der Waals surface area contributed by atoms with E-state index in [9.17, 15) is 14.9 Å². The second kappa shape index (κ2) is 10.1. The quantitative estimate of drug-likeness (QED) is 0.388. The lowest BCUT2D eigenvalue weighted by Crippen LogP contribution is -2.25. The lowest BCUT2D eigenvalue weighted by Gasteiger charge is -2.09. The van der Waals surface area contributed by atoms with Crippen molar-refractivity contribution in [1.82, 2.24) is 5.32 Å². The fraction of sp³-hybridized carbons (Fsp3) is 0.227. The molecule has 1 aromatic heterocycles. The van der Waals surface area contributed by atoms with Crippen LogP contribution in [0.2, 0.25) is 0 Å². The maximum absolute atomic E-state index is 12.3. The number of carbonyl (C=O) groups excluding carboxylic acids is 1. The third-order valence-corrected chi connectivity index (χ3v) is 4.46. The maximum Gasteiger partial charge on any atom is 0.310 e. The van der Waals surface area contributed by atoms with Crippen molar-refractivity contribution in [2.75, 3.05) is 20.8 Å². The predicted octanol–water partition coefficient (Wildman–Crippen LogP) is 3.76. The van der Waals surface area contributed by atoms with Gasteiger partial charge in [0.05, 0.1) is 19.1 Å². The van der Waals surface area contributed by atoms with Crippen molar-refractivity contribution >= 4 is 11.6 Å². The number of para-hydroxylation sites is 2. The van der Waals surface area contributed by atoms with Gasteiger partial charge in [0.15, 0.2) is 23.0 Å². The van der Waals surface area contributed by atoms with E-state index in [4.69, 9.17) is 18.6 Å². The SMILES string of the molecule is COc1ccc(CCNC(=O)c2ccc(COc3ccccc3[N+](=O)[O-])o2)cc1OC. The van der Waals surface area contributed by atoms with E-state index < -0.39 is 4.92 Å². The van der Waals surface area contributed by atoms with E-state index in [0.717, 1.165) is 5.56 Å². The number of carbonyl (C=O) groups is 1. The highest BCUT2D eigenvalue weighted by molar-refractivity contribution is 5.91. The Bertz CT molecular complexity index is 1060. The average molecular weight is 426 g/mol. The molecular formula is C22H22N2O7. The van der Waals surface area contributed by atoms with Crippen LogP contribution in [0.25, 0.3) is 0 Å². The molecule has 1 heterocycles. The second-order valence-electron chi connectivity index (χ2n) is 6.47. The predicted molar refractivity (Wildman–Crippen MR) is 112 cm³/mol. The summed E-state index contributed by atoms with van der Waals surface area (Å²) in [6.07, 6.45) is 0.598. The van der Waals surface area contributed by atoms with Gasteiger partial charge in [0.25, 0.3) is 5.91 Å². The van der Waals surface area contributed by atoms with Crippen molar-refractivity contribution in [1.29, 1.82) is 0 Å². The Morgan fingerprint density at radius 3 is 2.55 bits per heavy atom. The summed E-state index contributed by atoms with van der Waals surface area (Å²) in [5.41, 5.74) is 0.845. The molecule has 1 N–H and O–H groups in total. The topological polar surface area (TPSA) is 113 Å². The van der Waals surface area contributed by atoms with Crippen molar-refractivity contribution < 1.29 is 28.3 Å². The molecule has 0 saturated heterocycles. The first-order chi connectivity index (χ1) is 15.0. The smallest absolute Gasteiger partial charge is 0.310 e. The molecule has 9 heteroatoms. The van der Waals surface area contributed by atoms with Gasteiger partial charge >= 0.3 is 5.69 Å². The van der Waals surface area contributed by atoms with E-state index in [0.29, 0.717) is 30.2 Å². The number of benzene rings is 2. The molecule has 0 spiro atoms. The van der Waals surface area contributed by atoms with Gasteiger partial charge < -0.3 is 23.9 Å². The number of nitrogens with zero attached hydrogens (tertiary/aromatic N) is 1. The van der Waals surface area contributed by atoms with Gasteiger partial charge in [-0.05, 0) is 42.3 Å². The number of methoxy groups -OCH3 is 2. The molecule has 0 aliphatic heterocycles. The number of nitro groups is 1. The van der Waals surface area contributed by atoms with Crippen molar-refractivity contribution in [2.45, 2.75) is 13.0 Å². The van der Waals surface area contributed by atoms with Gasteiger partial charge in [0, 0.05) is 12.6 Å². The summed E-state index contributed by atoms with van der Waals surface area (Å²) in [5, 5.41) is 13.8. The number of rotatable bonds is 10.